The quantitative estimate of drug-likeness (QED) is 0.807. The Bertz CT molecular complexity index is 280. The molecular formula is C13H23NO3. The smallest absolute Gasteiger partial charge is 0.228 e. The van der Waals surface area contributed by atoms with Gasteiger partial charge in [0.1, 0.15) is 0 Å². The van der Waals surface area contributed by atoms with E-state index in [0.717, 1.165) is 25.8 Å². The highest BCUT2D eigenvalue weighted by molar-refractivity contribution is 5.79. The van der Waals surface area contributed by atoms with E-state index in [1.165, 1.54) is 0 Å². The number of aliphatic hydroxyl groups is 1. The number of carbonyl (C=O) groups is 1. The molecular weight excluding hydrogens is 218 g/mol. The van der Waals surface area contributed by atoms with Gasteiger partial charge in [-0.2, -0.15) is 0 Å². The SMILES string of the molecule is CC(O)CC1CCCN1C(=O)C1COC(C)C1. The summed E-state index contributed by atoms with van der Waals surface area (Å²) >= 11 is 0. The van der Waals surface area contributed by atoms with E-state index in [-0.39, 0.29) is 30.1 Å². The molecule has 1 amide bonds. The molecule has 0 radical (unpaired) electrons. The summed E-state index contributed by atoms with van der Waals surface area (Å²) in [4.78, 5) is 14.3. The van der Waals surface area contributed by atoms with Crippen molar-refractivity contribution in [1.82, 2.24) is 4.90 Å². The van der Waals surface area contributed by atoms with Crippen LogP contribution in [0.2, 0.25) is 0 Å². The van der Waals surface area contributed by atoms with E-state index >= 15 is 0 Å². The zero-order valence-corrected chi connectivity index (χ0v) is 10.8. The summed E-state index contributed by atoms with van der Waals surface area (Å²) in [6.45, 7) is 5.23. The molecule has 98 valence electrons. The number of ether oxygens (including phenoxy) is 1. The minimum atomic E-state index is -0.327. The summed E-state index contributed by atoms with van der Waals surface area (Å²) in [7, 11) is 0. The molecule has 0 aromatic heterocycles. The zero-order valence-electron chi connectivity index (χ0n) is 10.8. The van der Waals surface area contributed by atoms with Gasteiger partial charge in [0.25, 0.3) is 0 Å². The molecule has 0 spiro atoms. The Morgan fingerprint density at radius 3 is 2.94 bits per heavy atom. The molecule has 17 heavy (non-hydrogen) atoms. The number of hydrogen-bond donors (Lipinski definition) is 1. The van der Waals surface area contributed by atoms with Gasteiger partial charge in [-0.05, 0) is 39.5 Å². The predicted octanol–water partition coefficient (Wildman–Crippen LogP) is 1.17. The topological polar surface area (TPSA) is 49.8 Å². The van der Waals surface area contributed by atoms with Crippen molar-refractivity contribution < 1.29 is 14.6 Å². The lowest BCUT2D eigenvalue weighted by molar-refractivity contribution is -0.136. The summed E-state index contributed by atoms with van der Waals surface area (Å²) in [6, 6.07) is 0.235. The number of rotatable bonds is 3. The average Bonchev–Trinajstić information content (AvgIpc) is 2.85. The largest absolute Gasteiger partial charge is 0.393 e. The lowest BCUT2D eigenvalue weighted by Crippen LogP contribution is -2.41. The maximum atomic E-state index is 12.3. The maximum Gasteiger partial charge on any atom is 0.228 e. The van der Waals surface area contributed by atoms with Crippen LogP contribution < -0.4 is 0 Å². The van der Waals surface area contributed by atoms with Crippen LogP contribution in [0.3, 0.4) is 0 Å². The summed E-state index contributed by atoms with van der Waals surface area (Å²) < 4.78 is 5.47. The van der Waals surface area contributed by atoms with E-state index in [4.69, 9.17) is 4.74 Å². The van der Waals surface area contributed by atoms with Gasteiger partial charge < -0.3 is 14.7 Å². The molecule has 4 nitrogen and oxygen atoms in total. The average molecular weight is 241 g/mol. The van der Waals surface area contributed by atoms with Crippen molar-refractivity contribution in [2.75, 3.05) is 13.2 Å². The normalized spacial score (nSPS) is 35.2. The molecule has 2 rings (SSSR count). The second-order valence-electron chi connectivity index (χ2n) is 5.49. The van der Waals surface area contributed by atoms with E-state index in [1.54, 1.807) is 6.92 Å². The standard InChI is InChI=1S/C13H23NO3/c1-9(15)6-12-4-3-5-14(12)13(16)11-7-10(2)17-8-11/h9-12,15H,3-8H2,1-2H3. The van der Waals surface area contributed by atoms with Gasteiger partial charge in [0.05, 0.1) is 24.7 Å². The maximum absolute atomic E-state index is 12.3. The second-order valence-corrected chi connectivity index (χ2v) is 5.49. The molecule has 0 aliphatic carbocycles. The molecule has 4 heteroatoms. The van der Waals surface area contributed by atoms with Crippen molar-refractivity contribution in [2.24, 2.45) is 5.92 Å². The van der Waals surface area contributed by atoms with E-state index < -0.39 is 0 Å². The van der Waals surface area contributed by atoms with Gasteiger partial charge in [0.15, 0.2) is 0 Å². The van der Waals surface area contributed by atoms with Crippen LogP contribution in [0.15, 0.2) is 0 Å². The zero-order chi connectivity index (χ0) is 12.4. The van der Waals surface area contributed by atoms with Crippen LogP contribution in [0, 0.1) is 5.92 Å². The fourth-order valence-corrected chi connectivity index (χ4v) is 2.99. The van der Waals surface area contributed by atoms with Crippen molar-refractivity contribution >= 4 is 5.91 Å². The minimum Gasteiger partial charge on any atom is -0.393 e. The van der Waals surface area contributed by atoms with Crippen LogP contribution in [0.5, 0.6) is 0 Å². The molecule has 2 fully saturated rings. The van der Waals surface area contributed by atoms with E-state index in [0.29, 0.717) is 13.0 Å². The summed E-state index contributed by atoms with van der Waals surface area (Å²) in [5.41, 5.74) is 0. The van der Waals surface area contributed by atoms with Gasteiger partial charge in [0, 0.05) is 12.6 Å². The Morgan fingerprint density at radius 1 is 1.59 bits per heavy atom. The third-order valence-corrected chi connectivity index (χ3v) is 3.82. The number of amides is 1. The first-order valence-corrected chi connectivity index (χ1v) is 6.68. The molecule has 0 saturated carbocycles. The Hall–Kier alpha value is -0.610. The van der Waals surface area contributed by atoms with Gasteiger partial charge >= 0.3 is 0 Å². The molecule has 1 N–H and O–H groups in total. The lowest BCUT2D eigenvalue weighted by Gasteiger charge is -2.27. The molecule has 2 aliphatic heterocycles. The minimum absolute atomic E-state index is 0.0413. The molecule has 2 aliphatic rings. The number of nitrogens with zero attached hydrogens (tertiary/aromatic N) is 1. The van der Waals surface area contributed by atoms with Crippen molar-refractivity contribution in [1.29, 1.82) is 0 Å². The van der Waals surface area contributed by atoms with Crippen LogP contribution in [-0.2, 0) is 9.53 Å². The van der Waals surface area contributed by atoms with Gasteiger partial charge in [0.2, 0.25) is 5.91 Å². The number of hydrogen-bond acceptors (Lipinski definition) is 3. The van der Waals surface area contributed by atoms with Gasteiger partial charge in [-0.3, -0.25) is 4.79 Å². The first kappa shape index (κ1) is 12.8. The molecule has 0 aromatic rings. The number of carbonyl (C=O) groups excluding carboxylic acids is 1. The highest BCUT2D eigenvalue weighted by Gasteiger charge is 2.36. The number of aliphatic hydroxyl groups excluding tert-OH is 1. The third kappa shape index (κ3) is 2.99. The molecule has 2 saturated heterocycles. The van der Waals surface area contributed by atoms with Gasteiger partial charge in [-0.1, -0.05) is 0 Å². The van der Waals surface area contributed by atoms with Crippen LogP contribution in [0.25, 0.3) is 0 Å². The van der Waals surface area contributed by atoms with E-state index in [9.17, 15) is 9.90 Å². The lowest BCUT2D eigenvalue weighted by atomic mass is 10.0. The fourth-order valence-electron chi connectivity index (χ4n) is 2.99. The Morgan fingerprint density at radius 2 is 2.35 bits per heavy atom. The first-order valence-electron chi connectivity index (χ1n) is 6.68. The van der Waals surface area contributed by atoms with Crippen molar-refractivity contribution in [3.63, 3.8) is 0 Å². The monoisotopic (exact) mass is 241 g/mol. The predicted molar refractivity (Wildman–Crippen MR) is 64.6 cm³/mol. The second kappa shape index (κ2) is 5.36. The molecule has 2 heterocycles. The van der Waals surface area contributed by atoms with Crippen LogP contribution in [0.4, 0.5) is 0 Å². The van der Waals surface area contributed by atoms with Crippen molar-refractivity contribution in [2.45, 2.75) is 57.8 Å². The summed E-state index contributed by atoms with van der Waals surface area (Å²) in [6.07, 6.45) is 3.52. The van der Waals surface area contributed by atoms with Crippen LogP contribution in [0.1, 0.15) is 39.5 Å². The number of likely N-dealkylation sites (tertiary alicyclic amines) is 1. The van der Waals surface area contributed by atoms with Gasteiger partial charge in [-0.15, -0.1) is 0 Å². The Kier molecular flexibility index (Phi) is 4.05. The van der Waals surface area contributed by atoms with Crippen LogP contribution in [-0.4, -0.2) is 47.3 Å². The Labute approximate surface area is 103 Å². The Balaban J connectivity index is 1.93. The molecule has 4 atom stereocenters. The van der Waals surface area contributed by atoms with E-state index in [2.05, 4.69) is 0 Å². The van der Waals surface area contributed by atoms with E-state index in [1.807, 2.05) is 11.8 Å². The van der Waals surface area contributed by atoms with Crippen molar-refractivity contribution in [3.05, 3.63) is 0 Å². The molecule has 0 bridgehead atoms. The molecule has 0 aromatic carbocycles. The fraction of sp³-hybridized carbons (Fsp3) is 0.923. The summed E-state index contributed by atoms with van der Waals surface area (Å²) in [5.74, 6) is 0.275. The van der Waals surface area contributed by atoms with Gasteiger partial charge in [-0.25, -0.2) is 0 Å². The van der Waals surface area contributed by atoms with Crippen molar-refractivity contribution in [3.8, 4) is 0 Å². The summed E-state index contributed by atoms with van der Waals surface area (Å²) in [5, 5.41) is 9.46. The van der Waals surface area contributed by atoms with Crippen LogP contribution >= 0.6 is 0 Å². The first-order chi connectivity index (χ1) is 8.08. The highest BCUT2D eigenvalue weighted by Crippen LogP contribution is 2.27. The third-order valence-electron chi connectivity index (χ3n) is 3.82. The highest BCUT2D eigenvalue weighted by atomic mass is 16.5. The molecule has 4 unspecified atom stereocenters.